The van der Waals surface area contributed by atoms with Crippen molar-refractivity contribution in [3.8, 4) is 11.8 Å². The van der Waals surface area contributed by atoms with Crippen LogP contribution < -0.4 is 20.9 Å². The van der Waals surface area contributed by atoms with Gasteiger partial charge in [0.1, 0.15) is 6.61 Å². The van der Waals surface area contributed by atoms with Gasteiger partial charge in [-0.2, -0.15) is 0 Å². The van der Waals surface area contributed by atoms with Gasteiger partial charge in [-0.25, -0.2) is 4.79 Å². The molecule has 1 heterocycles. The van der Waals surface area contributed by atoms with Gasteiger partial charge in [0.2, 0.25) is 17.7 Å². The van der Waals surface area contributed by atoms with Crippen molar-refractivity contribution in [3.05, 3.63) is 95.1 Å². The van der Waals surface area contributed by atoms with Crippen LogP contribution in [0.2, 0.25) is 0 Å². The third-order valence-electron chi connectivity index (χ3n) is 7.84. The summed E-state index contributed by atoms with van der Waals surface area (Å²) in [4.78, 5) is 60.8. The monoisotopic (exact) mass is 718 g/mol. The predicted octanol–water partition coefficient (Wildman–Crippen LogP) is 5.55. The van der Waals surface area contributed by atoms with Gasteiger partial charge < -0.3 is 35.0 Å². The maximum atomic E-state index is 13.3. The van der Waals surface area contributed by atoms with Crippen LogP contribution in [0.25, 0.3) is 0 Å². The Bertz CT molecular complexity index is 1710. The van der Waals surface area contributed by atoms with Crippen LogP contribution in [-0.2, 0) is 48.6 Å². The smallest absolute Gasteiger partial charge is 0.407 e. The highest BCUT2D eigenvalue weighted by molar-refractivity contribution is 8.00. The largest absolute Gasteiger partial charge is 0.445 e. The molecule has 4 rings (SSSR count). The molecule has 0 spiro atoms. The van der Waals surface area contributed by atoms with Gasteiger partial charge in [-0.15, -0.1) is 0 Å². The summed E-state index contributed by atoms with van der Waals surface area (Å²) in [7, 11) is -2.04. The minimum Gasteiger partial charge on any atom is -0.445 e. The zero-order valence-electron chi connectivity index (χ0n) is 27.9. The minimum atomic E-state index is -2.04. The maximum Gasteiger partial charge on any atom is 0.407 e. The number of benzene rings is 3. The minimum absolute atomic E-state index is 0.0334. The van der Waals surface area contributed by atoms with Crippen LogP contribution in [0.3, 0.4) is 0 Å². The number of alkyl carbamates (subject to hydrolysis) is 1. The Kier molecular flexibility index (Phi) is 16.0. The summed E-state index contributed by atoms with van der Waals surface area (Å²) >= 11 is 4.61. The topological polar surface area (TPSA) is 146 Å². The number of fused-ring (bicyclic) bond motifs is 2. The van der Waals surface area contributed by atoms with Crippen LogP contribution in [0.15, 0.2) is 72.8 Å². The van der Waals surface area contributed by atoms with E-state index in [2.05, 4.69) is 39.6 Å². The number of anilines is 2. The Morgan fingerprint density at radius 3 is 2.30 bits per heavy atom. The molecule has 1 atom stereocenters. The molecule has 0 fully saturated rings. The fourth-order valence-electron chi connectivity index (χ4n) is 5.19. The standard InChI is InChI=1S/C37H43N4O7PS/c42-34(15-7-8-16-36(44)41-26-31-13-4-3-11-29(31)19-20-30-12-5-6-14-33(30)41)39-25-35(43)40-32-21-17-28(18-22-32)27-47-37(45)38-23-9-1-2-10-24-48-49(46)50/h3-6,11-14,17-18,21-22,49H,1-2,7-10,15-16,23-27H2,(H,38,45)(H,39,42)(H,40,43)(H,46,50). The van der Waals surface area contributed by atoms with Gasteiger partial charge in [-0.3, -0.25) is 14.4 Å². The average molecular weight is 719 g/mol. The summed E-state index contributed by atoms with van der Waals surface area (Å²) in [5, 5.41) is 8.08. The highest BCUT2D eigenvalue weighted by Gasteiger charge is 2.21. The van der Waals surface area contributed by atoms with E-state index < -0.39 is 13.2 Å². The number of para-hydroxylation sites is 1. The van der Waals surface area contributed by atoms with Crippen molar-refractivity contribution in [3.63, 3.8) is 0 Å². The van der Waals surface area contributed by atoms with Crippen LogP contribution in [0, 0.1) is 11.8 Å². The Balaban J connectivity index is 1.08. The van der Waals surface area contributed by atoms with Crippen molar-refractivity contribution in [2.45, 2.75) is 64.5 Å². The fourth-order valence-corrected chi connectivity index (χ4v) is 5.76. The second-order valence-corrected chi connectivity index (χ2v) is 13.5. The Morgan fingerprint density at radius 1 is 0.800 bits per heavy atom. The van der Waals surface area contributed by atoms with Crippen LogP contribution in [0.4, 0.5) is 16.2 Å². The van der Waals surface area contributed by atoms with Gasteiger partial charge in [-0.05, 0) is 78.9 Å². The van der Waals surface area contributed by atoms with E-state index in [0.29, 0.717) is 38.2 Å². The van der Waals surface area contributed by atoms with E-state index in [1.54, 1.807) is 29.2 Å². The van der Waals surface area contributed by atoms with E-state index >= 15 is 0 Å². The molecule has 0 radical (unpaired) electrons. The zero-order valence-corrected chi connectivity index (χ0v) is 29.7. The number of ether oxygens (including phenoxy) is 1. The number of carbonyl (C=O) groups is 4. The van der Waals surface area contributed by atoms with Crippen LogP contribution in [-0.4, -0.2) is 48.4 Å². The van der Waals surface area contributed by atoms with Crippen LogP contribution in [0.5, 0.6) is 0 Å². The molecule has 0 bridgehead atoms. The van der Waals surface area contributed by atoms with Crippen molar-refractivity contribution >= 4 is 54.1 Å². The van der Waals surface area contributed by atoms with E-state index in [1.165, 1.54) is 0 Å². The second-order valence-electron chi connectivity index (χ2n) is 11.7. The lowest BCUT2D eigenvalue weighted by Crippen LogP contribution is -2.33. The fraction of sp³-hybridized carbons (Fsp3) is 0.351. The molecular formula is C37H43N4O7PS. The third-order valence-corrected chi connectivity index (χ3v) is 8.64. The molecule has 4 N–H and O–H groups in total. The predicted molar refractivity (Wildman–Crippen MR) is 197 cm³/mol. The first-order valence-electron chi connectivity index (χ1n) is 16.7. The molecule has 1 aliphatic rings. The zero-order chi connectivity index (χ0) is 35.6. The molecule has 0 saturated heterocycles. The van der Waals surface area contributed by atoms with Crippen molar-refractivity contribution < 1.29 is 33.3 Å². The van der Waals surface area contributed by atoms with Crippen LogP contribution >= 0.6 is 7.15 Å². The van der Waals surface area contributed by atoms with Gasteiger partial charge >= 0.3 is 6.09 Å². The van der Waals surface area contributed by atoms with Crippen molar-refractivity contribution in [1.82, 2.24) is 10.6 Å². The summed E-state index contributed by atoms with van der Waals surface area (Å²) < 4.78 is 10.2. The summed E-state index contributed by atoms with van der Waals surface area (Å²) in [6.45, 7) is 1.28. The molecule has 3 aromatic rings. The van der Waals surface area contributed by atoms with Gasteiger partial charge in [0.05, 0.1) is 25.4 Å². The number of rotatable bonds is 18. The number of unbranched alkanes of at least 4 members (excludes halogenated alkanes) is 4. The lowest BCUT2D eigenvalue weighted by molar-refractivity contribution is -0.124. The van der Waals surface area contributed by atoms with Crippen molar-refractivity contribution in [2.24, 2.45) is 0 Å². The van der Waals surface area contributed by atoms with E-state index in [4.69, 9.17) is 14.2 Å². The molecule has 264 valence electrons. The molecule has 1 unspecified atom stereocenters. The Morgan fingerprint density at radius 2 is 1.50 bits per heavy atom. The molecule has 0 aromatic heterocycles. The van der Waals surface area contributed by atoms with Crippen molar-refractivity contribution in [2.75, 3.05) is 29.9 Å². The molecule has 0 saturated carbocycles. The molecule has 4 amide bonds. The third kappa shape index (κ3) is 13.4. The number of nitrogens with zero attached hydrogens (tertiary/aromatic N) is 1. The van der Waals surface area contributed by atoms with Crippen molar-refractivity contribution in [1.29, 1.82) is 0 Å². The Hall–Kier alpha value is -4.53. The van der Waals surface area contributed by atoms with E-state index in [-0.39, 0.29) is 43.7 Å². The highest BCUT2D eigenvalue weighted by Crippen LogP contribution is 2.26. The maximum absolute atomic E-state index is 13.3. The average Bonchev–Trinajstić information content (AvgIpc) is 3.11. The summed E-state index contributed by atoms with van der Waals surface area (Å²) in [6.07, 6.45) is 4.46. The molecule has 3 aromatic carbocycles. The summed E-state index contributed by atoms with van der Waals surface area (Å²) in [6, 6.07) is 22.3. The molecule has 11 nitrogen and oxygen atoms in total. The van der Waals surface area contributed by atoms with Gasteiger partial charge in [-0.1, -0.05) is 67.1 Å². The first-order chi connectivity index (χ1) is 24.3. The van der Waals surface area contributed by atoms with E-state index in [1.807, 2.05) is 48.5 Å². The first-order valence-corrected chi connectivity index (χ1v) is 19.2. The molecule has 13 heteroatoms. The summed E-state index contributed by atoms with van der Waals surface area (Å²) in [5.74, 6) is 5.74. The first kappa shape index (κ1) is 38.3. The van der Waals surface area contributed by atoms with Gasteiger partial charge in [0, 0.05) is 36.2 Å². The SMILES string of the molecule is O=C(CCCCC(=O)N1Cc2ccccc2C#Cc2ccccc21)NCC(=O)Nc1ccc(COC(=O)NCCCCCCO[PH](O)=S)cc1. The number of hydrogen-bond donors (Lipinski definition) is 4. The van der Waals surface area contributed by atoms with E-state index in [0.717, 1.165) is 53.6 Å². The highest BCUT2D eigenvalue weighted by atomic mass is 32.4. The number of hydrogen-bond acceptors (Lipinski definition) is 7. The Labute approximate surface area is 298 Å². The van der Waals surface area contributed by atoms with Gasteiger partial charge in [0.15, 0.2) is 7.15 Å². The molecule has 50 heavy (non-hydrogen) atoms. The second kappa shape index (κ2) is 20.9. The van der Waals surface area contributed by atoms with Crippen LogP contribution in [0.1, 0.15) is 73.6 Å². The lowest BCUT2D eigenvalue weighted by Gasteiger charge is -2.26. The normalized spacial score (nSPS) is 12.1. The number of carbonyl (C=O) groups excluding carboxylic acids is 4. The molecule has 1 aliphatic heterocycles. The summed E-state index contributed by atoms with van der Waals surface area (Å²) in [5.41, 5.74) is 4.77. The number of amides is 4. The van der Waals surface area contributed by atoms with Gasteiger partial charge in [0.25, 0.3) is 0 Å². The molecular weight excluding hydrogens is 675 g/mol. The number of nitrogens with one attached hydrogen (secondary N) is 3. The quantitative estimate of drug-likeness (QED) is 0.0762. The lowest BCUT2D eigenvalue weighted by atomic mass is 10.0. The van der Waals surface area contributed by atoms with E-state index in [9.17, 15) is 19.2 Å². The molecule has 0 aliphatic carbocycles.